The number of nitrogens with two attached hydrogens (primary N) is 1. The Bertz CT molecular complexity index is 431. The quantitative estimate of drug-likeness (QED) is 0.763. The fourth-order valence-electron chi connectivity index (χ4n) is 1.16. The molecule has 0 atom stereocenters. The second-order valence-electron chi connectivity index (χ2n) is 2.78. The van der Waals surface area contributed by atoms with Crippen LogP contribution in [-0.2, 0) is 4.79 Å². The summed E-state index contributed by atoms with van der Waals surface area (Å²) in [6.45, 7) is -0.0890. The fourth-order valence-corrected chi connectivity index (χ4v) is 2.09. The molecule has 0 spiro atoms. The minimum Gasteiger partial charge on any atom is -0.414 e. The van der Waals surface area contributed by atoms with Gasteiger partial charge >= 0.3 is 5.97 Å². The molecule has 0 bridgehead atoms. The Morgan fingerprint density at radius 2 is 2.21 bits per heavy atom. The number of rotatable bonds is 2. The summed E-state index contributed by atoms with van der Waals surface area (Å²) in [5.41, 5.74) is 5.14. The largest absolute Gasteiger partial charge is 0.414 e. The lowest BCUT2D eigenvalue weighted by atomic mass is 10.3. The van der Waals surface area contributed by atoms with Gasteiger partial charge in [0.2, 0.25) is 0 Å². The van der Waals surface area contributed by atoms with Crippen molar-refractivity contribution in [3.8, 4) is 5.06 Å². The van der Waals surface area contributed by atoms with E-state index in [-0.39, 0.29) is 6.54 Å². The Morgan fingerprint density at radius 3 is 2.93 bits per heavy atom. The van der Waals surface area contributed by atoms with E-state index in [9.17, 15) is 4.79 Å². The first-order valence-electron chi connectivity index (χ1n) is 4.19. The molecule has 0 saturated carbocycles. The maximum Gasteiger partial charge on any atom is 0.325 e. The standard InChI is InChI=1S/C10H9NO2S/c11-6-9(12)13-10-5-7-3-1-2-4-8(7)14-10/h1-5H,6,11H2. The highest BCUT2D eigenvalue weighted by Gasteiger charge is 2.05. The Morgan fingerprint density at radius 1 is 1.43 bits per heavy atom. The van der Waals surface area contributed by atoms with Gasteiger partial charge in [-0.2, -0.15) is 0 Å². The highest BCUT2D eigenvalue weighted by Crippen LogP contribution is 2.31. The molecule has 1 aromatic carbocycles. The molecule has 14 heavy (non-hydrogen) atoms. The average Bonchev–Trinajstić information content (AvgIpc) is 2.59. The van der Waals surface area contributed by atoms with Crippen LogP contribution >= 0.6 is 11.3 Å². The zero-order valence-electron chi connectivity index (χ0n) is 7.40. The lowest BCUT2D eigenvalue weighted by molar-refractivity contribution is -0.132. The van der Waals surface area contributed by atoms with Crippen molar-refractivity contribution in [2.45, 2.75) is 0 Å². The van der Waals surface area contributed by atoms with E-state index in [0.717, 1.165) is 10.1 Å². The first kappa shape index (κ1) is 9.18. The van der Waals surface area contributed by atoms with Crippen LogP contribution in [0.2, 0.25) is 0 Å². The summed E-state index contributed by atoms with van der Waals surface area (Å²) in [7, 11) is 0. The van der Waals surface area contributed by atoms with Gasteiger partial charge in [0.05, 0.1) is 6.54 Å². The third kappa shape index (κ3) is 1.76. The van der Waals surface area contributed by atoms with Crippen LogP contribution < -0.4 is 10.5 Å². The molecule has 0 amide bonds. The number of benzene rings is 1. The zero-order valence-corrected chi connectivity index (χ0v) is 8.21. The Hall–Kier alpha value is -1.39. The molecule has 0 aliphatic carbocycles. The van der Waals surface area contributed by atoms with E-state index < -0.39 is 5.97 Å². The summed E-state index contributed by atoms with van der Waals surface area (Å²) in [6.07, 6.45) is 0. The average molecular weight is 207 g/mol. The number of carbonyl (C=O) groups excluding carboxylic acids is 1. The molecule has 1 aromatic heterocycles. The zero-order chi connectivity index (χ0) is 9.97. The van der Waals surface area contributed by atoms with Crippen molar-refractivity contribution in [1.82, 2.24) is 0 Å². The Balaban J connectivity index is 2.31. The Kier molecular flexibility index (Phi) is 2.47. The second kappa shape index (κ2) is 3.77. The number of fused-ring (bicyclic) bond motifs is 1. The SMILES string of the molecule is NCC(=O)Oc1cc2ccccc2s1. The van der Waals surface area contributed by atoms with E-state index in [4.69, 9.17) is 10.5 Å². The van der Waals surface area contributed by atoms with Gasteiger partial charge in [0, 0.05) is 10.8 Å². The summed E-state index contributed by atoms with van der Waals surface area (Å²) in [6, 6.07) is 9.70. The van der Waals surface area contributed by atoms with Gasteiger partial charge in [0.25, 0.3) is 0 Å². The lowest BCUT2D eigenvalue weighted by Gasteiger charge is -1.95. The van der Waals surface area contributed by atoms with Gasteiger partial charge in [-0.3, -0.25) is 4.79 Å². The predicted octanol–water partition coefficient (Wildman–Crippen LogP) is 1.77. The number of carbonyl (C=O) groups is 1. The van der Waals surface area contributed by atoms with Gasteiger partial charge < -0.3 is 10.5 Å². The van der Waals surface area contributed by atoms with Crippen LogP contribution in [0.1, 0.15) is 0 Å². The van der Waals surface area contributed by atoms with Crippen molar-refractivity contribution >= 4 is 27.4 Å². The molecular formula is C10H9NO2S. The number of hydrogen-bond acceptors (Lipinski definition) is 4. The highest BCUT2D eigenvalue weighted by molar-refractivity contribution is 7.20. The second-order valence-corrected chi connectivity index (χ2v) is 3.83. The maximum absolute atomic E-state index is 10.9. The third-order valence-electron chi connectivity index (χ3n) is 1.78. The smallest absolute Gasteiger partial charge is 0.325 e. The maximum atomic E-state index is 10.9. The van der Waals surface area contributed by atoms with Gasteiger partial charge in [-0.15, -0.1) is 0 Å². The molecule has 0 saturated heterocycles. The third-order valence-corrected chi connectivity index (χ3v) is 2.78. The van der Waals surface area contributed by atoms with E-state index in [0.29, 0.717) is 5.06 Å². The molecule has 2 rings (SSSR count). The number of thiophene rings is 1. The van der Waals surface area contributed by atoms with Crippen LogP contribution in [0.4, 0.5) is 0 Å². The number of hydrogen-bond donors (Lipinski definition) is 1. The van der Waals surface area contributed by atoms with E-state index in [2.05, 4.69) is 0 Å². The molecule has 2 aromatic rings. The predicted molar refractivity (Wildman–Crippen MR) is 56.5 cm³/mol. The summed E-state index contributed by atoms with van der Waals surface area (Å²) in [5, 5.41) is 1.68. The lowest BCUT2D eigenvalue weighted by Crippen LogP contribution is -2.18. The minimum absolute atomic E-state index is 0.0890. The molecule has 3 nitrogen and oxygen atoms in total. The van der Waals surface area contributed by atoms with Crippen LogP contribution in [0.25, 0.3) is 10.1 Å². The van der Waals surface area contributed by atoms with E-state index >= 15 is 0 Å². The van der Waals surface area contributed by atoms with Gasteiger partial charge in [-0.05, 0) is 11.5 Å². The van der Waals surface area contributed by atoms with Gasteiger partial charge in [-0.1, -0.05) is 29.5 Å². The molecule has 1 heterocycles. The van der Waals surface area contributed by atoms with Crippen molar-refractivity contribution in [1.29, 1.82) is 0 Å². The van der Waals surface area contributed by atoms with Gasteiger partial charge in [0.1, 0.15) is 0 Å². The Labute approximate surface area is 85.1 Å². The monoisotopic (exact) mass is 207 g/mol. The summed E-state index contributed by atoms with van der Waals surface area (Å²) in [4.78, 5) is 10.9. The van der Waals surface area contributed by atoms with Crippen LogP contribution in [0.15, 0.2) is 30.3 Å². The number of ether oxygens (including phenoxy) is 1. The molecular weight excluding hydrogens is 198 g/mol. The van der Waals surface area contributed by atoms with E-state index in [1.165, 1.54) is 11.3 Å². The summed E-state index contributed by atoms with van der Waals surface area (Å²) in [5.74, 6) is -0.406. The van der Waals surface area contributed by atoms with Crippen molar-refractivity contribution in [2.24, 2.45) is 5.73 Å². The van der Waals surface area contributed by atoms with Crippen LogP contribution in [-0.4, -0.2) is 12.5 Å². The fraction of sp³-hybridized carbons (Fsp3) is 0.100. The van der Waals surface area contributed by atoms with Crippen LogP contribution in [0.5, 0.6) is 5.06 Å². The molecule has 0 fully saturated rings. The minimum atomic E-state index is -0.406. The molecule has 0 unspecified atom stereocenters. The summed E-state index contributed by atoms with van der Waals surface area (Å²) < 4.78 is 6.11. The van der Waals surface area contributed by atoms with Crippen molar-refractivity contribution in [3.05, 3.63) is 30.3 Å². The van der Waals surface area contributed by atoms with E-state index in [1.807, 2.05) is 30.3 Å². The normalized spacial score (nSPS) is 10.4. The molecule has 0 aliphatic rings. The van der Waals surface area contributed by atoms with E-state index in [1.54, 1.807) is 0 Å². The number of esters is 1. The van der Waals surface area contributed by atoms with Gasteiger partial charge in [-0.25, -0.2) is 0 Å². The molecule has 0 radical (unpaired) electrons. The molecule has 4 heteroatoms. The van der Waals surface area contributed by atoms with Gasteiger partial charge in [0.15, 0.2) is 5.06 Å². The molecule has 72 valence electrons. The van der Waals surface area contributed by atoms with Crippen molar-refractivity contribution in [3.63, 3.8) is 0 Å². The summed E-state index contributed by atoms with van der Waals surface area (Å²) >= 11 is 1.44. The first-order chi connectivity index (χ1) is 6.79. The highest BCUT2D eigenvalue weighted by atomic mass is 32.1. The first-order valence-corrected chi connectivity index (χ1v) is 5.00. The van der Waals surface area contributed by atoms with Crippen molar-refractivity contribution in [2.75, 3.05) is 6.54 Å². The van der Waals surface area contributed by atoms with Crippen LogP contribution in [0, 0.1) is 0 Å². The topological polar surface area (TPSA) is 52.3 Å². The molecule has 0 aliphatic heterocycles. The molecule has 2 N–H and O–H groups in total. The van der Waals surface area contributed by atoms with Crippen LogP contribution in [0.3, 0.4) is 0 Å². The van der Waals surface area contributed by atoms with Crippen molar-refractivity contribution < 1.29 is 9.53 Å².